The minimum absolute atomic E-state index is 0.00562. The van der Waals surface area contributed by atoms with Crippen molar-refractivity contribution in [3.05, 3.63) is 34.5 Å². The van der Waals surface area contributed by atoms with Crippen molar-refractivity contribution >= 4 is 41.7 Å². The molecular weight excluding hydrogens is 338 g/mol. The van der Waals surface area contributed by atoms with Crippen molar-refractivity contribution in [2.45, 2.75) is 0 Å². The summed E-state index contributed by atoms with van der Waals surface area (Å²) >= 11 is 6.06. The highest BCUT2D eigenvalue weighted by molar-refractivity contribution is 6.59. The first kappa shape index (κ1) is 18.3. The van der Waals surface area contributed by atoms with E-state index < -0.39 is 19.0 Å². The highest BCUT2D eigenvalue weighted by Crippen LogP contribution is 2.26. The molecule has 0 saturated carbocycles. The molecule has 24 heavy (non-hydrogen) atoms. The van der Waals surface area contributed by atoms with E-state index in [0.717, 1.165) is 0 Å². The van der Waals surface area contributed by atoms with E-state index in [4.69, 9.17) is 16.7 Å². The van der Waals surface area contributed by atoms with Gasteiger partial charge in [0.1, 0.15) is 5.70 Å². The van der Waals surface area contributed by atoms with Crippen LogP contribution in [0.25, 0.3) is 0 Å². The largest absolute Gasteiger partial charge is 0.488 e. The van der Waals surface area contributed by atoms with Crippen LogP contribution >= 0.6 is 11.6 Å². The van der Waals surface area contributed by atoms with Gasteiger partial charge in [-0.3, -0.25) is 4.79 Å². The summed E-state index contributed by atoms with van der Waals surface area (Å²) in [6, 6.07) is 4.21. The van der Waals surface area contributed by atoms with E-state index in [0.29, 0.717) is 0 Å². The number of methoxy groups -OCH3 is 1. The third-order valence-electron chi connectivity index (χ3n) is 3.50. The van der Waals surface area contributed by atoms with E-state index in [-0.39, 0.29) is 47.1 Å². The zero-order valence-electron chi connectivity index (χ0n) is 12.8. The molecule has 1 aromatic rings. The average Bonchev–Trinajstić information content (AvgIpc) is 2.85. The second kappa shape index (κ2) is 7.67. The van der Waals surface area contributed by atoms with Gasteiger partial charge in [0, 0.05) is 6.54 Å². The number of hydrogen-bond donors (Lipinski definition) is 4. The fourth-order valence-electron chi connectivity index (χ4n) is 2.28. The third-order valence-corrected chi connectivity index (χ3v) is 3.83. The number of β-amino-alcohol motifs (C(OH)–C–C–N with tert-alkyl or cyclic N) is 1. The van der Waals surface area contributed by atoms with E-state index in [1.807, 2.05) is 0 Å². The summed E-state index contributed by atoms with van der Waals surface area (Å²) in [7, 11) is -0.510. The number of carbonyl (C=O) groups excluding carboxylic acids is 2. The predicted molar refractivity (Wildman–Crippen MR) is 87.6 cm³/mol. The molecule has 0 aromatic heterocycles. The van der Waals surface area contributed by atoms with Crippen LogP contribution in [-0.4, -0.2) is 65.9 Å². The molecule has 1 heterocycles. The van der Waals surface area contributed by atoms with E-state index in [9.17, 15) is 19.6 Å². The number of aliphatic hydroxyl groups is 1. The maximum absolute atomic E-state index is 12.4. The molecule has 1 aromatic carbocycles. The number of aliphatic hydroxyl groups excluding tert-OH is 1. The van der Waals surface area contributed by atoms with E-state index in [1.54, 1.807) is 0 Å². The van der Waals surface area contributed by atoms with Crippen LogP contribution in [0.3, 0.4) is 0 Å². The first-order valence-corrected chi connectivity index (χ1v) is 7.41. The average molecular weight is 355 g/mol. The summed E-state index contributed by atoms with van der Waals surface area (Å²) in [6.07, 6.45) is 0. The molecule has 0 bridgehead atoms. The van der Waals surface area contributed by atoms with Crippen molar-refractivity contribution in [3.8, 4) is 0 Å². The fraction of sp³-hybridized carbons (Fsp3) is 0.286. The molecule has 0 aliphatic carbocycles. The zero-order chi connectivity index (χ0) is 17.9. The SMILES string of the molecule is COC(=O)C1=C(Nc2cc(B(O)O)ccc2Cl)C(=O)N(CCO)C1. The second-order valence-electron chi connectivity index (χ2n) is 5.03. The number of nitrogens with zero attached hydrogens (tertiary/aromatic N) is 1. The van der Waals surface area contributed by atoms with Crippen LogP contribution in [0.4, 0.5) is 5.69 Å². The number of benzene rings is 1. The monoisotopic (exact) mass is 354 g/mol. The summed E-state index contributed by atoms with van der Waals surface area (Å²) in [5.41, 5.74) is 0.474. The Morgan fingerprint density at radius 3 is 2.75 bits per heavy atom. The Morgan fingerprint density at radius 1 is 1.46 bits per heavy atom. The molecule has 1 aliphatic rings. The van der Waals surface area contributed by atoms with Crippen molar-refractivity contribution in [2.24, 2.45) is 0 Å². The highest BCUT2D eigenvalue weighted by atomic mass is 35.5. The molecule has 0 atom stereocenters. The molecule has 0 radical (unpaired) electrons. The standard InChI is InChI=1S/C14H16BClN2O6/c1-24-14(21)9-7-18(4-5-19)13(20)12(9)17-11-6-8(15(22)23)2-3-10(11)16/h2-3,6,17,19,22-23H,4-5,7H2,1H3. The predicted octanol–water partition coefficient (Wildman–Crippen LogP) is -1.31. The van der Waals surface area contributed by atoms with Gasteiger partial charge in [-0.1, -0.05) is 17.7 Å². The summed E-state index contributed by atoms with van der Waals surface area (Å²) in [5, 5.41) is 30.5. The van der Waals surface area contributed by atoms with Gasteiger partial charge in [-0.25, -0.2) is 4.79 Å². The van der Waals surface area contributed by atoms with Gasteiger partial charge < -0.3 is 30.1 Å². The molecule has 0 spiro atoms. The van der Waals surface area contributed by atoms with Crippen LogP contribution in [0, 0.1) is 0 Å². The van der Waals surface area contributed by atoms with E-state index in [1.165, 1.54) is 30.2 Å². The molecule has 8 nitrogen and oxygen atoms in total. The normalized spacial score (nSPS) is 14.2. The summed E-state index contributed by atoms with van der Waals surface area (Å²) in [5.74, 6) is -1.17. The summed E-state index contributed by atoms with van der Waals surface area (Å²) < 4.78 is 4.68. The van der Waals surface area contributed by atoms with Crippen LogP contribution in [0.15, 0.2) is 29.5 Å². The molecular formula is C14H16BClN2O6. The lowest BCUT2D eigenvalue weighted by molar-refractivity contribution is -0.136. The Balaban J connectivity index is 2.38. The fourth-order valence-corrected chi connectivity index (χ4v) is 2.45. The summed E-state index contributed by atoms with van der Waals surface area (Å²) in [6.45, 7) is -0.192. The highest BCUT2D eigenvalue weighted by Gasteiger charge is 2.34. The van der Waals surface area contributed by atoms with Crippen molar-refractivity contribution in [2.75, 3.05) is 32.1 Å². The topological polar surface area (TPSA) is 119 Å². The maximum Gasteiger partial charge on any atom is 0.488 e. The van der Waals surface area contributed by atoms with Crippen molar-refractivity contribution < 1.29 is 29.5 Å². The van der Waals surface area contributed by atoms with Gasteiger partial charge in [0.2, 0.25) is 0 Å². The van der Waals surface area contributed by atoms with Gasteiger partial charge in [-0.15, -0.1) is 0 Å². The summed E-state index contributed by atoms with van der Waals surface area (Å²) in [4.78, 5) is 25.6. The van der Waals surface area contributed by atoms with Gasteiger partial charge in [-0.05, 0) is 17.6 Å². The lowest BCUT2D eigenvalue weighted by atomic mass is 9.80. The smallest absolute Gasteiger partial charge is 0.466 e. The molecule has 0 saturated heterocycles. The Labute approximate surface area is 143 Å². The lowest BCUT2D eigenvalue weighted by Gasteiger charge is -2.15. The maximum atomic E-state index is 12.4. The minimum atomic E-state index is -1.71. The number of anilines is 1. The van der Waals surface area contributed by atoms with Crippen LogP contribution in [0.1, 0.15) is 0 Å². The van der Waals surface area contributed by atoms with E-state index >= 15 is 0 Å². The molecule has 1 aliphatic heterocycles. The number of rotatable bonds is 6. The van der Waals surface area contributed by atoms with Gasteiger partial charge in [0.15, 0.2) is 0 Å². The third kappa shape index (κ3) is 3.70. The zero-order valence-corrected chi connectivity index (χ0v) is 13.6. The number of ether oxygens (including phenoxy) is 1. The Kier molecular flexibility index (Phi) is 5.84. The molecule has 2 rings (SSSR count). The number of esters is 1. The van der Waals surface area contributed by atoms with Crippen LogP contribution in [0.5, 0.6) is 0 Å². The molecule has 10 heteroatoms. The van der Waals surface area contributed by atoms with Crippen LogP contribution in [0.2, 0.25) is 5.02 Å². The lowest BCUT2D eigenvalue weighted by Crippen LogP contribution is -2.32. The molecule has 0 fully saturated rings. The first-order chi connectivity index (χ1) is 11.4. The first-order valence-electron chi connectivity index (χ1n) is 7.03. The molecule has 4 N–H and O–H groups in total. The van der Waals surface area contributed by atoms with Gasteiger partial charge in [0.25, 0.3) is 5.91 Å². The number of hydrogen-bond acceptors (Lipinski definition) is 7. The van der Waals surface area contributed by atoms with Crippen LogP contribution in [-0.2, 0) is 14.3 Å². The minimum Gasteiger partial charge on any atom is -0.466 e. The molecule has 1 amide bonds. The van der Waals surface area contributed by atoms with Crippen molar-refractivity contribution in [1.29, 1.82) is 0 Å². The quantitative estimate of drug-likeness (QED) is 0.370. The number of carbonyl (C=O) groups is 2. The van der Waals surface area contributed by atoms with Gasteiger partial charge in [0.05, 0.1) is 36.5 Å². The molecule has 128 valence electrons. The Hall–Kier alpha value is -2.07. The number of halogens is 1. The number of amides is 1. The Bertz CT molecular complexity index is 694. The number of nitrogens with one attached hydrogen (secondary N) is 1. The molecule has 0 unspecified atom stereocenters. The van der Waals surface area contributed by atoms with Gasteiger partial charge >= 0.3 is 13.1 Å². The van der Waals surface area contributed by atoms with Gasteiger partial charge in [-0.2, -0.15) is 0 Å². The van der Waals surface area contributed by atoms with Crippen LogP contribution < -0.4 is 10.8 Å². The second-order valence-corrected chi connectivity index (χ2v) is 5.44. The van der Waals surface area contributed by atoms with Crippen molar-refractivity contribution in [1.82, 2.24) is 4.90 Å². The van der Waals surface area contributed by atoms with E-state index in [2.05, 4.69) is 10.1 Å². The van der Waals surface area contributed by atoms with Crippen molar-refractivity contribution in [3.63, 3.8) is 0 Å². The Morgan fingerprint density at radius 2 is 2.17 bits per heavy atom.